The molecule has 0 spiro atoms. The Morgan fingerprint density at radius 1 is 1.24 bits per heavy atom. The van der Waals surface area contributed by atoms with E-state index in [0.717, 1.165) is 24.5 Å². The number of anilines is 1. The van der Waals surface area contributed by atoms with Crippen molar-refractivity contribution >= 4 is 5.82 Å². The molecule has 0 amide bonds. The van der Waals surface area contributed by atoms with Crippen LogP contribution in [0.4, 0.5) is 5.82 Å². The standard InChI is InChI=1S/C17H26N4/c1-6-20(13(2)3)17-16(12-18-5)14(4)19-21(17)15-10-8-7-9-11-15/h7-11,13,18H,6,12H2,1-5H3. The van der Waals surface area contributed by atoms with Crippen LogP contribution in [0.15, 0.2) is 30.3 Å². The number of nitrogens with zero attached hydrogens (tertiary/aromatic N) is 3. The first kappa shape index (κ1) is 15.6. The predicted octanol–water partition coefficient (Wildman–Crippen LogP) is 3.13. The van der Waals surface area contributed by atoms with E-state index in [2.05, 4.69) is 66.9 Å². The van der Waals surface area contributed by atoms with Crippen molar-refractivity contribution in [2.24, 2.45) is 0 Å². The lowest BCUT2D eigenvalue weighted by Gasteiger charge is -2.29. The third-order valence-corrected chi connectivity index (χ3v) is 3.75. The van der Waals surface area contributed by atoms with Gasteiger partial charge < -0.3 is 10.2 Å². The van der Waals surface area contributed by atoms with E-state index in [1.165, 1.54) is 11.4 Å². The van der Waals surface area contributed by atoms with E-state index in [-0.39, 0.29) is 0 Å². The van der Waals surface area contributed by atoms with E-state index in [1.807, 2.05) is 13.1 Å². The molecule has 0 aliphatic heterocycles. The number of aromatic nitrogens is 2. The Hall–Kier alpha value is -1.81. The molecule has 1 aromatic carbocycles. The highest BCUT2D eigenvalue weighted by Crippen LogP contribution is 2.28. The molecule has 0 bridgehead atoms. The molecule has 0 radical (unpaired) electrons. The van der Waals surface area contributed by atoms with Gasteiger partial charge in [0.15, 0.2) is 0 Å². The zero-order valence-electron chi connectivity index (χ0n) is 13.7. The van der Waals surface area contributed by atoms with Gasteiger partial charge >= 0.3 is 0 Å². The second kappa shape index (κ2) is 6.76. The lowest BCUT2D eigenvalue weighted by Crippen LogP contribution is -2.33. The van der Waals surface area contributed by atoms with Gasteiger partial charge in [0.1, 0.15) is 5.82 Å². The monoisotopic (exact) mass is 286 g/mol. The molecule has 1 N–H and O–H groups in total. The number of hydrogen-bond donors (Lipinski definition) is 1. The molecule has 0 unspecified atom stereocenters. The average Bonchev–Trinajstić information content (AvgIpc) is 2.79. The summed E-state index contributed by atoms with van der Waals surface area (Å²) in [4.78, 5) is 2.40. The van der Waals surface area contributed by atoms with Crippen LogP contribution in [0.25, 0.3) is 5.69 Å². The van der Waals surface area contributed by atoms with Crippen molar-refractivity contribution in [1.29, 1.82) is 0 Å². The lowest BCUT2D eigenvalue weighted by molar-refractivity contribution is 0.667. The molecule has 21 heavy (non-hydrogen) atoms. The maximum atomic E-state index is 4.79. The van der Waals surface area contributed by atoms with E-state index < -0.39 is 0 Å². The molecule has 1 aromatic heterocycles. The lowest BCUT2D eigenvalue weighted by atomic mass is 10.2. The molecule has 0 saturated carbocycles. The molecule has 114 valence electrons. The fourth-order valence-electron chi connectivity index (χ4n) is 2.73. The summed E-state index contributed by atoms with van der Waals surface area (Å²) >= 11 is 0. The van der Waals surface area contributed by atoms with Gasteiger partial charge in [0.2, 0.25) is 0 Å². The van der Waals surface area contributed by atoms with Crippen molar-refractivity contribution in [3.8, 4) is 5.69 Å². The second-order valence-corrected chi connectivity index (χ2v) is 5.55. The van der Waals surface area contributed by atoms with Crippen LogP contribution in [-0.2, 0) is 6.54 Å². The number of hydrogen-bond acceptors (Lipinski definition) is 3. The van der Waals surface area contributed by atoms with E-state index in [1.54, 1.807) is 0 Å². The van der Waals surface area contributed by atoms with Crippen LogP contribution in [0.1, 0.15) is 32.0 Å². The topological polar surface area (TPSA) is 33.1 Å². The van der Waals surface area contributed by atoms with Crippen molar-refractivity contribution in [2.75, 3.05) is 18.5 Å². The van der Waals surface area contributed by atoms with Crippen LogP contribution in [0.5, 0.6) is 0 Å². The summed E-state index contributed by atoms with van der Waals surface area (Å²) in [7, 11) is 1.98. The Morgan fingerprint density at radius 2 is 1.90 bits per heavy atom. The number of rotatable bonds is 6. The van der Waals surface area contributed by atoms with Gasteiger partial charge in [-0.15, -0.1) is 0 Å². The Kier molecular flexibility index (Phi) is 5.02. The van der Waals surface area contributed by atoms with Crippen molar-refractivity contribution in [2.45, 2.75) is 40.3 Å². The van der Waals surface area contributed by atoms with E-state index in [9.17, 15) is 0 Å². The fourth-order valence-corrected chi connectivity index (χ4v) is 2.73. The van der Waals surface area contributed by atoms with E-state index in [0.29, 0.717) is 6.04 Å². The first-order valence-electron chi connectivity index (χ1n) is 7.65. The molecular weight excluding hydrogens is 260 g/mol. The SMILES string of the molecule is CCN(c1c(CNC)c(C)nn1-c1ccccc1)C(C)C. The molecule has 0 saturated heterocycles. The quantitative estimate of drug-likeness (QED) is 0.885. The van der Waals surface area contributed by atoms with E-state index >= 15 is 0 Å². The molecular formula is C17H26N4. The van der Waals surface area contributed by atoms with Gasteiger partial charge in [-0.05, 0) is 46.9 Å². The third-order valence-electron chi connectivity index (χ3n) is 3.75. The van der Waals surface area contributed by atoms with Crippen molar-refractivity contribution in [3.63, 3.8) is 0 Å². The Balaban J connectivity index is 2.62. The van der Waals surface area contributed by atoms with Crippen LogP contribution in [-0.4, -0.2) is 29.4 Å². The normalized spacial score (nSPS) is 11.1. The predicted molar refractivity (Wildman–Crippen MR) is 89.2 cm³/mol. The zero-order chi connectivity index (χ0) is 15.4. The van der Waals surface area contributed by atoms with Crippen molar-refractivity contribution in [1.82, 2.24) is 15.1 Å². The van der Waals surface area contributed by atoms with E-state index in [4.69, 9.17) is 5.10 Å². The highest BCUT2D eigenvalue weighted by atomic mass is 15.4. The number of para-hydroxylation sites is 1. The Morgan fingerprint density at radius 3 is 2.43 bits per heavy atom. The van der Waals surface area contributed by atoms with Crippen LogP contribution >= 0.6 is 0 Å². The maximum Gasteiger partial charge on any atom is 0.137 e. The summed E-state index contributed by atoms with van der Waals surface area (Å²) in [5, 5.41) is 8.05. The largest absolute Gasteiger partial charge is 0.354 e. The van der Waals surface area contributed by atoms with Gasteiger partial charge in [-0.25, -0.2) is 4.68 Å². The number of nitrogens with one attached hydrogen (secondary N) is 1. The van der Waals surface area contributed by atoms with Gasteiger partial charge in [0, 0.05) is 24.7 Å². The van der Waals surface area contributed by atoms with Gasteiger partial charge in [0.25, 0.3) is 0 Å². The molecule has 2 rings (SSSR count). The molecule has 0 fully saturated rings. The van der Waals surface area contributed by atoms with Gasteiger partial charge in [0.05, 0.1) is 11.4 Å². The Bertz CT molecular complexity index is 572. The average molecular weight is 286 g/mol. The molecule has 1 heterocycles. The highest BCUT2D eigenvalue weighted by Gasteiger charge is 2.22. The van der Waals surface area contributed by atoms with Crippen molar-refractivity contribution < 1.29 is 0 Å². The summed E-state index contributed by atoms with van der Waals surface area (Å²) in [6.45, 7) is 10.5. The first-order valence-corrected chi connectivity index (χ1v) is 7.65. The smallest absolute Gasteiger partial charge is 0.137 e. The molecule has 0 aliphatic carbocycles. The number of aryl methyl sites for hydroxylation is 1. The first-order chi connectivity index (χ1) is 10.1. The fraction of sp³-hybridized carbons (Fsp3) is 0.471. The van der Waals surface area contributed by atoms with Crippen LogP contribution in [0.3, 0.4) is 0 Å². The number of benzene rings is 1. The van der Waals surface area contributed by atoms with Crippen LogP contribution in [0, 0.1) is 6.92 Å². The molecule has 4 heteroatoms. The molecule has 0 aliphatic rings. The minimum absolute atomic E-state index is 0.434. The van der Waals surface area contributed by atoms with Gasteiger partial charge in [-0.2, -0.15) is 5.10 Å². The third kappa shape index (κ3) is 3.10. The van der Waals surface area contributed by atoms with Crippen LogP contribution < -0.4 is 10.2 Å². The van der Waals surface area contributed by atoms with Crippen LogP contribution in [0.2, 0.25) is 0 Å². The maximum absolute atomic E-state index is 4.79. The van der Waals surface area contributed by atoms with Gasteiger partial charge in [-0.3, -0.25) is 0 Å². The Labute approximate surface area is 127 Å². The summed E-state index contributed by atoms with van der Waals surface area (Å²) in [5.41, 5.74) is 3.47. The minimum Gasteiger partial charge on any atom is -0.354 e. The summed E-state index contributed by atoms with van der Waals surface area (Å²) < 4.78 is 2.07. The minimum atomic E-state index is 0.434. The summed E-state index contributed by atoms with van der Waals surface area (Å²) in [6, 6.07) is 10.8. The second-order valence-electron chi connectivity index (χ2n) is 5.55. The summed E-state index contributed by atoms with van der Waals surface area (Å²) in [5.74, 6) is 1.20. The molecule has 2 aromatic rings. The molecule has 0 atom stereocenters. The summed E-state index contributed by atoms with van der Waals surface area (Å²) in [6.07, 6.45) is 0. The molecule has 4 nitrogen and oxygen atoms in total. The van der Waals surface area contributed by atoms with Crippen molar-refractivity contribution in [3.05, 3.63) is 41.6 Å². The zero-order valence-corrected chi connectivity index (χ0v) is 13.7. The highest BCUT2D eigenvalue weighted by molar-refractivity contribution is 5.55. The van der Waals surface area contributed by atoms with Gasteiger partial charge in [-0.1, -0.05) is 18.2 Å².